The van der Waals surface area contributed by atoms with Gasteiger partial charge in [0, 0.05) is 16.7 Å². The van der Waals surface area contributed by atoms with Crippen molar-refractivity contribution in [2.75, 3.05) is 0 Å². The van der Waals surface area contributed by atoms with Gasteiger partial charge >= 0.3 is 0 Å². The minimum atomic E-state index is -0.0904. The Morgan fingerprint density at radius 2 is 1.52 bits per heavy atom. The van der Waals surface area contributed by atoms with E-state index in [2.05, 4.69) is 48.5 Å². The molecule has 2 aliphatic rings. The third-order valence-corrected chi connectivity index (χ3v) is 8.18. The summed E-state index contributed by atoms with van der Waals surface area (Å²) in [6.45, 7) is 0. The molecule has 0 radical (unpaired) electrons. The summed E-state index contributed by atoms with van der Waals surface area (Å²) in [5.74, 6) is 0.770. The van der Waals surface area contributed by atoms with Crippen LogP contribution in [0.25, 0.3) is 16.9 Å². The summed E-state index contributed by atoms with van der Waals surface area (Å²) < 4.78 is 1.86. The monoisotopic (exact) mass is 450 g/mol. The summed E-state index contributed by atoms with van der Waals surface area (Å²) >= 11 is 1.64. The van der Waals surface area contributed by atoms with Crippen molar-refractivity contribution in [2.45, 2.75) is 48.4 Å². The van der Waals surface area contributed by atoms with Crippen LogP contribution in [-0.2, 0) is 17.6 Å². The molecule has 0 atom stereocenters. The molecule has 3 nitrogen and oxygen atoms in total. The van der Waals surface area contributed by atoms with Crippen molar-refractivity contribution < 1.29 is 0 Å². The minimum Gasteiger partial charge on any atom is -0.268 e. The zero-order chi connectivity index (χ0) is 22.3. The van der Waals surface area contributed by atoms with Gasteiger partial charge in [-0.15, -0.1) is 0 Å². The quantitative estimate of drug-likeness (QED) is 0.261. The van der Waals surface area contributed by atoms with E-state index in [4.69, 9.17) is 4.98 Å². The van der Waals surface area contributed by atoms with Gasteiger partial charge in [0.25, 0.3) is 5.56 Å². The Morgan fingerprint density at radius 3 is 2.27 bits per heavy atom. The molecular weight excluding hydrogens is 424 g/mol. The summed E-state index contributed by atoms with van der Waals surface area (Å²) in [5, 5.41) is 0.763. The Hall–Kier alpha value is -3.11. The fourth-order valence-electron chi connectivity index (χ4n) is 5.64. The van der Waals surface area contributed by atoms with Gasteiger partial charge in [0.2, 0.25) is 0 Å². The van der Waals surface area contributed by atoms with Gasteiger partial charge in [0.05, 0.1) is 16.9 Å². The number of benzene rings is 3. The van der Waals surface area contributed by atoms with E-state index in [1.54, 1.807) is 11.8 Å². The highest BCUT2D eigenvalue weighted by atomic mass is 32.2. The first kappa shape index (κ1) is 20.5. The molecule has 0 saturated heterocycles. The molecular formula is C29H26N2OS. The van der Waals surface area contributed by atoms with Gasteiger partial charge in [0.1, 0.15) is 0 Å². The first-order valence-corrected chi connectivity index (χ1v) is 12.7. The van der Waals surface area contributed by atoms with Gasteiger partial charge in [-0.2, -0.15) is 0 Å². The number of hydrogen-bond acceptors (Lipinski definition) is 3. The van der Waals surface area contributed by atoms with Gasteiger partial charge in [0.15, 0.2) is 5.16 Å². The van der Waals surface area contributed by atoms with E-state index in [-0.39, 0.29) is 11.0 Å². The highest BCUT2D eigenvalue weighted by Crippen LogP contribution is 2.50. The lowest BCUT2D eigenvalue weighted by atomic mass is 9.68. The molecule has 1 aromatic heterocycles. The lowest BCUT2D eigenvalue weighted by molar-refractivity contribution is 0.422. The molecule has 164 valence electrons. The second-order valence-electron chi connectivity index (χ2n) is 9.19. The number of para-hydroxylation sites is 1. The van der Waals surface area contributed by atoms with Gasteiger partial charge in [-0.3, -0.25) is 9.36 Å². The molecule has 0 aliphatic heterocycles. The van der Waals surface area contributed by atoms with Crippen LogP contribution in [0.15, 0.2) is 94.9 Å². The smallest absolute Gasteiger partial charge is 0.263 e. The van der Waals surface area contributed by atoms with E-state index in [0.29, 0.717) is 0 Å². The van der Waals surface area contributed by atoms with Crippen molar-refractivity contribution >= 4 is 11.8 Å². The molecule has 4 heteroatoms. The second kappa shape index (κ2) is 8.35. The van der Waals surface area contributed by atoms with Crippen LogP contribution in [0.3, 0.4) is 0 Å². The maximum absolute atomic E-state index is 14.3. The van der Waals surface area contributed by atoms with Crippen LogP contribution >= 0.6 is 11.8 Å². The maximum atomic E-state index is 14.3. The van der Waals surface area contributed by atoms with Crippen LogP contribution < -0.4 is 5.56 Å². The van der Waals surface area contributed by atoms with Gasteiger partial charge < -0.3 is 0 Å². The molecule has 1 spiro atoms. The summed E-state index contributed by atoms with van der Waals surface area (Å²) in [6.07, 6.45) is 5.43. The molecule has 1 heterocycles. The molecule has 33 heavy (non-hydrogen) atoms. The molecule has 4 aromatic rings. The first-order valence-electron chi connectivity index (χ1n) is 11.7. The highest BCUT2D eigenvalue weighted by Gasteiger charge is 2.44. The van der Waals surface area contributed by atoms with Crippen molar-refractivity contribution in [3.63, 3.8) is 0 Å². The molecule has 0 bridgehead atoms. The molecule has 0 N–H and O–H groups in total. The third-order valence-electron chi connectivity index (χ3n) is 7.17. The van der Waals surface area contributed by atoms with Crippen molar-refractivity contribution in [2.24, 2.45) is 0 Å². The summed E-state index contributed by atoms with van der Waals surface area (Å²) in [7, 11) is 0. The summed E-state index contributed by atoms with van der Waals surface area (Å²) in [6, 6.07) is 28.9. The van der Waals surface area contributed by atoms with Crippen LogP contribution in [0, 0.1) is 0 Å². The van der Waals surface area contributed by atoms with Crippen LogP contribution in [0.2, 0.25) is 0 Å². The van der Waals surface area contributed by atoms with E-state index in [0.717, 1.165) is 52.7 Å². The second-order valence-corrected chi connectivity index (χ2v) is 10.1. The van der Waals surface area contributed by atoms with Crippen LogP contribution in [0.1, 0.15) is 42.4 Å². The lowest BCUT2D eigenvalue weighted by Crippen LogP contribution is -2.40. The number of hydrogen-bond donors (Lipinski definition) is 0. The van der Waals surface area contributed by atoms with E-state index >= 15 is 0 Å². The first-order chi connectivity index (χ1) is 16.3. The predicted molar refractivity (Wildman–Crippen MR) is 135 cm³/mol. The number of thioether (sulfide) groups is 1. The van der Waals surface area contributed by atoms with E-state index in [9.17, 15) is 4.79 Å². The molecule has 6 rings (SSSR count). The zero-order valence-corrected chi connectivity index (χ0v) is 19.4. The highest BCUT2D eigenvalue weighted by molar-refractivity contribution is 7.98. The average Bonchev–Trinajstić information content (AvgIpc) is 3.32. The average molecular weight is 451 g/mol. The van der Waals surface area contributed by atoms with E-state index in [1.165, 1.54) is 24.0 Å². The van der Waals surface area contributed by atoms with Crippen LogP contribution in [0.4, 0.5) is 0 Å². The van der Waals surface area contributed by atoms with Crippen molar-refractivity contribution in [1.82, 2.24) is 9.55 Å². The molecule has 0 amide bonds. The van der Waals surface area contributed by atoms with Crippen LogP contribution in [-0.4, -0.2) is 9.55 Å². The number of fused-ring (bicyclic) bond motifs is 4. The lowest BCUT2D eigenvalue weighted by Gasteiger charge is -2.36. The molecule has 3 aromatic carbocycles. The Balaban J connectivity index is 1.59. The zero-order valence-electron chi connectivity index (χ0n) is 18.5. The normalized spacial score (nSPS) is 15.9. The fourth-order valence-corrected chi connectivity index (χ4v) is 6.60. The Labute approximate surface area is 198 Å². The SMILES string of the molecule is O=c1c2c(nc(SCc3ccccc3)n1-c1ccccc1)-c1ccccc1CC21CCCC1. The Morgan fingerprint density at radius 1 is 0.848 bits per heavy atom. The molecule has 2 aliphatic carbocycles. The van der Waals surface area contributed by atoms with Gasteiger partial charge in [-0.05, 0) is 42.5 Å². The number of nitrogens with zero attached hydrogens (tertiary/aromatic N) is 2. The predicted octanol–water partition coefficient (Wildman–Crippen LogP) is 6.56. The van der Waals surface area contributed by atoms with Gasteiger partial charge in [-0.1, -0.05) is 97.4 Å². The van der Waals surface area contributed by atoms with E-state index in [1.807, 2.05) is 41.0 Å². The fraction of sp³-hybridized carbons (Fsp3) is 0.241. The van der Waals surface area contributed by atoms with Gasteiger partial charge in [-0.25, -0.2) is 4.98 Å². The minimum absolute atomic E-state index is 0.0904. The molecule has 0 unspecified atom stereocenters. The standard InChI is InChI=1S/C29H26N2OS/c32-27-25-26(24-16-8-7-13-22(24)19-29(25)17-9-10-18-29)30-28(31(27)23-14-5-2-6-15-23)33-20-21-11-3-1-4-12-21/h1-8,11-16H,9-10,17-20H2. The third kappa shape index (κ3) is 3.53. The maximum Gasteiger partial charge on any atom is 0.263 e. The number of aromatic nitrogens is 2. The Kier molecular flexibility index (Phi) is 5.18. The summed E-state index contributed by atoms with van der Waals surface area (Å²) in [5.41, 5.74) is 6.44. The Bertz CT molecular complexity index is 1360. The van der Waals surface area contributed by atoms with E-state index < -0.39 is 0 Å². The molecule has 1 saturated carbocycles. The topological polar surface area (TPSA) is 34.9 Å². The largest absolute Gasteiger partial charge is 0.268 e. The summed E-state index contributed by atoms with van der Waals surface area (Å²) in [4.78, 5) is 19.6. The van der Waals surface area contributed by atoms with Crippen molar-refractivity contribution in [3.05, 3.63) is 112 Å². The van der Waals surface area contributed by atoms with Crippen molar-refractivity contribution in [3.8, 4) is 16.9 Å². The van der Waals surface area contributed by atoms with Crippen molar-refractivity contribution in [1.29, 1.82) is 0 Å². The number of rotatable bonds is 4. The molecule has 1 fully saturated rings. The van der Waals surface area contributed by atoms with Crippen LogP contribution in [0.5, 0.6) is 0 Å².